The maximum Gasteiger partial charge on any atom is 0.347 e. The Balaban J connectivity index is 0. The van der Waals surface area contributed by atoms with Gasteiger partial charge in [0.05, 0.1) is 6.20 Å². The van der Waals surface area contributed by atoms with Crippen LogP contribution in [-0.2, 0) is 11.8 Å². The van der Waals surface area contributed by atoms with Crippen molar-refractivity contribution < 1.29 is 19.4 Å². The van der Waals surface area contributed by atoms with Crippen molar-refractivity contribution in [2.75, 3.05) is 19.3 Å². The van der Waals surface area contributed by atoms with Crippen LogP contribution in [0.3, 0.4) is 0 Å². The number of carboxylic acids is 1. The molecule has 1 atom stereocenters. The molecule has 0 saturated carbocycles. The van der Waals surface area contributed by atoms with Gasteiger partial charge in [-0.25, -0.2) is 4.79 Å². The molecule has 2 aromatic carbocycles. The van der Waals surface area contributed by atoms with E-state index < -0.39 is 11.6 Å². The van der Waals surface area contributed by atoms with E-state index in [1.165, 1.54) is 10.5 Å². The van der Waals surface area contributed by atoms with Crippen LogP contribution in [0.5, 0.6) is 5.75 Å². The Kier molecular flexibility index (Phi) is 23.0. The van der Waals surface area contributed by atoms with Crippen LogP contribution < -0.4 is 4.74 Å². The fourth-order valence-corrected chi connectivity index (χ4v) is 4.89. The first-order chi connectivity index (χ1) is 22.1. The number of thioether (sulfide) groups is 1. The molecular weight excluding hydrogens is 607 g/mol. The van der Waals surface area contributed by atoms with E-state index in [2.05, 4.69) is 16.6 Å². The smallest absolute Gasteiger partial charge is 0.347 e. The van der Waals surface area contributed by atoms with Gasteiger partial charge >= 0.3 is 5.97 Å². The summed E-state index contributed by atoms with van der Waals surface area (Å²) in [6.45, 7) is 30.7. The summed E-state index contributed by atoms with van der Waals surface area (Å²) in [5, 5.41) is 12.9. The SMILES string of the molecule is C=C(C)N1CCC(C(=O)c2ccc(SC)cc2)C1.CC.CC.CC.Cc1cc(C)c(OC(C)(C)C(=O)O)c(C)c1.Cc1cnn(C)c1. The molecule has 1 aliphatic heterocycles. The van der Waals surface area contributed by atoms with Crippen LogP contribution in [0.4, 0.5) is 0 Å². The van der Waals surface area contributed by atoms with Gasteiger partial charge < -0.3 is 14.7 Å². The van der Waals surface area contributed by atoms with Gasteiger partial charge in [-0.1, -0.05) is 78.0 Å². The van der Waals surface area contributed by atoms with Crippen LogP contribution in [0.25, 0.3) is 0 Å². The molecule has 1 aromatic heterocycles. The van der Waals surface area contributed by atoms with Crippen molar-refractivity contribution >= 4 is 23.5 Å². The second-order valence-corrected chi connectivity index (χ2v) is 12.0. The Labute approximate surface area is 290 Å². The number of aryl methyl sites for hydroxylation is 5. The first-order valence-electron chi connectivity index (χ1n) is 16.7. The average molecular weight is 670 g/mol. The lowest BCUT2D eigenvalue weighted by Gasteiger charge is -2.24. The van der Waals surface area contributed by atoms with E-state index in [-0.39, 0.29) is 11.7 Å². The monoisotopic (exact) mass is 669 g/mol. The summed E-state index contributed by atoms with van der Waals surface area (Å²) in [6, 6.07) is 11.9. The number of carbonyl (C=O) groups excluding carboxylic acids is 1. The van der Waals surface area contributed by atoms with Gasteiger partial charge in [-0.15, -0.1) is 11.8 Å². The van der Waals surface area contributed by atoms with E-state index in [0.29, 0.717) is 5.75 Å². The van der Waals surface area contributed by atoms with Gasteiger partial charge in [-0.2, -0.15) is 5.10 Å². The predicted octanol–water partition coefficient (Wildman–Crippen LogP) is 10.1. The molecule has 2 heterocycles. The molecule has 264 valence electrons. The number of aliphatic carboxylic acids is 1. The molecule has 4 rings (SSSR count). The molecule has 47 heavy (non-hydrogen) atoms. The minimum atomic E-state index is -1.20. The summed E-state index contributed by atoms with van der Waals surface area (Å²) < 4.78 is 7.37. The molecule has 1 saturated heterocycles. The number of ketones is 1. The van der Waals surface area contributed by atoms with E-state index in [1.54, 1.807) is 30.3 Å². The zero-order chi connectivity index (χ0) is 36.9. The van der Waals surface area contributed by atoms with Crippen molar-refractivity contribution in [1.82, 2.24) is 14.7 Å². The number of carbonyl (C=O) groups is 2. The van der Waals surface area contributed by atoms with E-state index in [1.807, 2.05) is 138 Å². The van der Waals surface area contributed by atoms with Crippen LogP contribution >= 0.6 is 11.8 Å². The van der Waals surface area contributed by atoms with Crippen molar-refractivity contribution in [3.8, 4) is 5.75 Å². The average Bonchev–Trinajstić information content (AvgIpc) is 3.71. The second kappa shape index (κ2) is 23.7. The zero-order valence-corrected chi connectivity index (χ0v) is 32.8. The Bertz CT molecular complexity index is 1310. The minimum Gasteiger partial charge on any atom is -0.478 e. The maximum absolute atomic E-state index is 12.4. The molecule has 7 nitrogen and oxygen atoms in total. The lowest BCUT2D eigenvalue weighted by Crippen LogP contribution is -2.38. The molecule has 8 heteroatoms. The van der Waals surface area contributed by atoms with E-state index in [4.69, 9.17) is 9.84 Å². The van der Waals surface area contributed by atoms with Crippen LogP contribution in [0.2, 0.25) is 0 Å². The van der Waals surface area contributed by atoms with Crippen molar-refractivity contribution in [3.63, 3.8) is 0 Å². The molecule has 0 aliphatic carbocycles. The van der Waals surface area contributed by atoms with Crippen LogP contribution in [0.15, 0.2) is 66.0 Å². The number of likely N-dealkylation sites (tertiary alicyclic amines) is 1. The fourth-order valence-electron chi connectivity index (χ4n) is 4.48. The third kappa shape index (κ3) is 16.2. The number of rotatable bonds is 7. The number of nitrogens with zero attached hydrogens (tertiary/aromatic N) is 3. The molecular formula is C39H63N3O4S. The molecule has 0 bridgehead atoms. The largest absolute Gasteiger partial charge is 0.478 e. The van der Waals surface area contributed by atoms with Gasteiger partial charge in [0.2, 0.25) is 0 Å². The number of carboxylic acid groups (broad SMARTS) is 1. The summed E-state index contributed by atoms with van der Waals surface area (Å²) in [5.74, 6) is 0.0955. The highest BCUT2D eigenvalue weighted by atomic mass is 32.2. The number of hydrogen-bond donors (Lipinski definition) is 1. The molecule has 0 amide bonds. The van der Waals surface area contributed by atoms with Crippen molar-refractivity contribution in [2.45, 2.75) is 107 Å². The predicted molar refractivity (Wildman–Crippen MR) is 202 cm³/mol. The summed E-state index contributed by atoms with van der Waals surface area (Å²) in [6.07, 6.45) is 6.79. The van der Waals surface area contributed by atoms with Crippen molar-refractivity contribution in [1.29, 1.82) is 0 Å². The van der Waals surface area contributed by atoms with Gasteiger partial charge in [-0.3, -0.25) is 9.48 Å². The van der Waals surface area contributed by atoms with Gasteiger partial charge in [0.1, 0.15) is 5.75 Å². The van der Waals surface area contributed by atoms with E-state index in [0.717, 1.165) is 47.5 Å². The van der Waals surface area contributed by atoms with Gasteiger partial charge in [-0.05, 0) is 90.0 Å². The van der Waals surface area contributed by atoms with E-state index >= 15 is 0 Å². The minimum absolute atomic E-state index is 0.127. The summed E-state index contributed by atoms with van der Waals surface area (Å²) >= 11 is 1.69. The first kappa shape index (κ1) is 45.6. The normalized spacial score (nSPS) is 12.9. The van der Waals surface area contributed by atoms with Gasteiger partial charge in [0.15, 0.2) is 11.4 Å². The number of hydrogen-bond acceptors (Lipinski definition) is 6. The zero-order valence-electron chi connectivity index (χ0n) is 31.9. The topological polar surface area (TPSA) is 84.7 Å². The van der Waals surface area contributed by atoms with Crippen molar-refractivity contribution in [3.05, 3.63) is 88.9 Å². The summed E-state index contributed by atoms with van der Waals surface area (Å²) in [5.41, 5.74) is 4.98. The fraction of sp³-hybridized carbons (Fsp3) is 0.513. The highest BCUT2D eigenvalue weighted by Crippen LogP contribution is 2.28. The number of aromatic nitrogens is 2. The number of allylic oxidation sites excluding steroid dienone is 1. The Morgan fingerprint density at radius 2 is 1.47 bits per heavy atom. The standard InChI is InChI=1S/C15H19NOS.C13H18O3.C5H8N2.3C2H6/c1-11(2)16-9-8-13(10-16)15(17)12-4-6-14(18-3)7-5-12;1-8-6-9(2)11(10(3)7-8)16-13(4,5)12(14)15;1-5-3-6-7(2)4-5;3*1-2/h4-7,13H,1,8-10H2,2-3H3;6-7H,1-5H3,(H,14,15);3-4H,1-2H3;3*1-2H3. The quantitative estimate of drug-likeness (QED) is 0.198. The van der Waals surface area contributed by atoms with Crippen LogP contribution in [0.1, 0.15) is 101 Å². The number of Topliss-reactive ketones (excluding diaryl/α,β-unsaturated/α-hetero) is 1. The Morgan fingerprint density at radius 1 is 0.957 bits per heavy atom. The lowest BCUT2D eigenvalue weighted by molar-refractivity contribution is -0.152. The van der Waals surface area contributed by atoms with Gasteiger partial charge in [0.25, 0.3) is 0 Å². The highest BCUT2D eigenvalue weighted by molar-refractivity contribution is 7.98. The lowest BCUT2D eigenvalue weighted by atomic mass is 9.97. The third-order valence-corrected chi connectivity index (χ3v) is 7.53. The molecule has 1 aliphatic rings. The third-order valence-electron chi connectivity index (χ3n) is 6.78. The molecule has 0 spiro atoms. The van der Waals surface area contributed by atoms with E-state index in [9.17, 15) is 9.59 Å². The Hall–Kier alpha value is -3.52. The molecule has 1 unspecified atom stereocenters. The van der Waals surface area contributed by atoms with Crippen LogP contribution in [-0.4, -0.2) is 56.5 Å². The molecule has 1 fully saturated rings. The molecule has 1 N–H and O–H groups in total. The molecule has 3 aromatic rings. The highest BCUT2D eigenvalue weighted by Gasteiger charge is 2.30. The second-order valence-electron chi connectivity index (χ2n) is 11.1. The number of benzene rings is 2. The summed E-state index contributed by atoms with van der Waals surface area (Å²) in [4.78, 5) is 26.7. The first-order valence-corrected chi connectivity index (χ1v) is 17.9. The molecule has 0 radical (unpaired) electrons. The Morgan fingerprint density at radius 3 is 1.81 bits per heavy atom. The van der Waals surface area contributed by atoms with Crippen molar-refractivity contribution in [2.24, 2.45) is 13.0 Å². The summed E-state index contributed by atoms with van der Waals surface area (Å²) in [7, 11) is 1.91. The van der Waals surface area contributed by atoms with Gasteiger partial charge in [0, 0.05) is 48.4 Å². The number of ether oxygens (including phenoxy) is 1. The maximum atomic E-state index is 12.4. The van der Waals surface area contributed by atoms with Crippen LogP contribution in [0, 0.1) is 33.6 Å².